The topological polar surface area (TPSA) is 49.8 Å². The Hall–Kier alpha value is -0.610. The Bertz CT molecular complexity index is 176. The van der Waals surface area contributed by atoms with Gasteiger partial charge in [-0.25, -0.2) is 0 Å². The summed E-state index contributed by atoms with van der Waals surface area (Å²) in [7, 11) is 2.13. The van der Waals surface area contributed by atoms with E-state index in [0.717, 1.165) is 19.7 Å². The molecule has 1 fully saturated rings. The first-order valence-corrected chi connectivity index (χ1v) is 5.16. The molecule has 0 spiro atoms. The van der Waals surface area contributed by atoms with Gasteiger partial charge in [0.2, 0.25) is 0 Å². The molecule has 1 N–H and O–H groups in total. The molecule has 0 atom stereocenters. The van der Waals surface area contributed by atoms with Gasteiger partial charge in [0.05, 0.1) is 13.0 Å². The minimum absolute atomic E-state index is 0.118. The molecule has 4 heteroatoms. The van der Waals surface area contributed by atoms with Crippen LogP contribution in [-0.4, -0.2) is 49.3 Å². The quantitative estimate of drug-likeness (QED) is 0.669. The van der Waals surface area contributed by atoms with Crippen molar-refractivity contribution in [2.75, 3.05) is 33.4 Å². The summed E-state index contributed by atoms with van der Waals surface area (Å²) in [5, 5.41) is 8.40. The predicted octanol–water partition coefficient (Wildman–Crippen LogP) is 0.820. The lowest BCUT2D eigenvalue weighted by atomic mass is 9.98. The van der Waals surface area contributed by atoms with Crippen LogP contribution in [0.25, 0.3) is 0 Å². The van der Waals surface area contributed by atoms with Gasteiger partial charge < -0.3 is 14.7 Å². The summed E-state index contributed by atoms with van der Waals surface area (Å²) in [6, 6.07) is 0. The van der Waals surface area contributed by atoms with Gasteiger partial charge in [-0.05, 0) is 38.9 Å². The number of carbonyl (C=O) groups is 1. The highest BCUT2D eigenvalue weighted by Gasteiger charge is 2.16. The number of carboxylic acids is 1. The first-order valence-electron chi connectivity index (χ1n) is 5.16. The number of aliphatic carboxylic acids is 1. The fourth-order valence-corrected chi connectivity index (χ4v) is 1.64. The van der Waals surface area contributed by atoms with Crippen LogP contribution < -0.4 is 0 Å². The molecule has 0 radical (unpaired) electrons. The van der Waals surface area contributed by atoms with Crippen LogP contribution >= 0.6 is 0 Å². The number of likely N-dealkylation sites (tertiary alicyclic amines) is 1. The summed E-state index contributed by atoms with van der Waals surface area (Å²) in [5.41, 5.74) is 0. The third-order valence-electron chi connectivity index (χ3n) is 2.65. The van der Waals surface area contributed by atoms with Crippen LogP contribution in [-0.2, 0) is 9.53 Å². The van der Waals surface area contributed by atoms with Gasteiger partial charge in [-0.3, -0.25) is 4.79 Å². The summed E-state index contributed by atoms with van der Waals surface area (Å²) in [6.45, 7) is 3.34. The highest BCUT2D eigenvalue weighted by Crippen LogP contribution is 2.15. The zero-order chi connectivity index (χ0) is 10.4. The number of rotatable bonds is 5. The smallest absolute Gasteiger partial charge is 0.305 e. The van der Waals surface area contributed by atoms with Crippen molar-refractivity contribution in [2.45, 2.75) is 19.3 Å². The lowest BCUT2D eigenvalue weighted by Crippen LogP contribution is -2.32. The van der Waals surface area contributed by atoms with Crippen molar-refractivity contribution >= 4 is 5.97 Å². The third kappa shape index (κ3) is 4.58. The summed E-state index contributed by atoms with van der Waals surface area (Å²) < 4.78 is 5.32. The Morgan fingerprint density at radius 2 is 2.14 bits per heavy atom. The van der Waals surface area contributed by atoms with Crippen molar-refractivity contribution in [3.8, 4) is 0 Å². The lowest BCUT2D eigenvalue weighted by molar-refractivity contribution is -0.138. The zero-order valence-electron chi connectivity index (χ0n) is 8.74. The van der Waals surface area contributed by atoms with Gasteiger partial charge in [0.25, 0.3) is 0 Å². The molecule has 14 heavy (non-hydrogen) atoms. The van der Waals surface area contributed by atoms with E-state index >= 15 is 0 Å². The second-order valence-corrected chi connectivity index (χ2v) is 3.97. The maximum Gasteiger partial charge on any atom is 0.305 e. The van der Waals surface area contributed by atoms with E-state index < -0.39 is 5.97 Å². The van der Waals surface area contributed by atoms with Crippen molar-refractivity contribution in [3.05, 3.63) is 0 Å². The van der Waals surface area contributed by atoms with Gasteiger partial charge in [-0.1, -0.05) is 0 Å². The molecular formula is C10H19NO3. The average Bonchev–Trinajstić information content (AvgIpc) is 2.15. The van der Waals surface area contributed by atoms with Gasteiger partial charge in [-0.15, -0.1) is 0 Å². The maximum absolute atomic E-state index is 10.2. The number of hydrogen-bond acceptors (Lipinski definition) is 3. The van der Waals surface area contributed by atoms with Crippen molar-refractivity contribution in [2.24, 2.45) is 5.92 Å². The van der Waals surface area contributed by atoms with E-state index in [4.69, 9.17) is 9.84 Å². The number of nitrogens with zero attached hydrogens (tertiary/aromatic N) is 1. The molecule has 0 saturated carbocycles. The Morgan fingerprint density at radius 3 is 2.71 bits per heavy atom. The SMILES string of the molecule is CN1CCC(COCCC(=O)O)CC1. The molecule has 0 amide bonds. The van der Waals surface area contributed by atoms with Crippen molar-refractivity contribution < 1.29 is 14.6 Å². The van der Waals surface area contributed by atoms with Gasteiger partial charge in [0.1, 0.15) is 0 Å². The van der Waals surface area contributed by atoms with Crippen molar-refractivity contribution in [3.63, 3.8) is 0 Å². The fourth-order valence-electron chi connectivity index (χ4n) is 1.64. The number of hydrogen-bond donors (Lipinski definition) is 1. The van der Waals surface area contributed by atoms with Crippen LogP contribution in [0.1, 0.15) is 19.3 Å². The van der Waals surface area contributed by atoms with E-state index in [0.29, 0.717) is 12.5 Å². The van der Waals surface area contributed by atoms with E-state index in [-0.39, 0.29) is 6.42 Å². The number of ether oxygens (including phenoxy) is 1. The minimum atomic E-state index is -0.784. The molecule has 0 aromatic rings. The highest BCUT2D eigenvalue weighted by atomic mass is 16.5. The zero-order valence-corrected chi connectivity index (χ0v) is 8.74. The molecule has 0 aliphatic carbocycles. The largest absolute Gasteiger partial charge is 0.481 e. The van der Waals surface area contributed by atoms with E-state index in [9.17, 15) is 4.79 Å². The molecule has 0 aromatic heterocycles. The number of piperidine rings is 1. The van der Waals surface area contributed by atoms with Crippen LogP contribution in [0.2, 0.25) is 0 Å². The van der Waals surface area contributed by atoms with Gasteiger partial charge in [-0.2, -0.15) is 0 Å². The minimum Gasteiger partial charge on any atom is -0.481 e. The van der Waals surface area contributed by atoms with E-state index in [1.54, 1.807) is 0 Å². The fraction of sp³-hybridized carbons (Fsp3) is 0.900. The van der Waals surface area contributed by atoms with Crippen LogP contribution in [0.5, 0.6) is 0 Å². The standard InChI is InChI=1S/C10H19NO3/c1-11-5-2-9(3-6-11)8-14-7-4-10(12)13/h9H,2-8H2,1H3,(H,12,13). The summed E-state index contributed by atoms with van der Waals surface area (Å²) in [6.07, 6.45) is 2.46. The molecule has 0 bridgehead atoms. The van der Waals surface area contributed by atoms with Crippen LogP contribution in [0.4, 0.5) is 0 Å². The highest BCUT2D eigenvalue weighted by molar-refractivity contribution is 5.66. The monoisotopic (exact) mass is 201 g/mol. The summed E-state index contributed by atoms with van der Waals surface area (Å²) in [5.74, 6) is -0.159. The third-order valence-corrected chi connectivity index (χ3v) is 2.65. The normalized spacial score (nSPS) is 19.8. The first-order chi connectivity index (χ1) is 6.68. The molecule has 4 nitrogen and oxygen atoms in total. The molecule has 1 saturated heterocycles. The lowest BCUT2D eigenvalue weighted by Gasteiger charge is -2.28. The molecule has 1 aliphatic rings. The number of carboxylic acid groups (broad SMARTS) is 1. The summed E-state index contributed by atoms with van der Waals surface area (Å²) in [4.78, 5) is 12.5. The Labute approximate surface area is 84.8 Å². The second kappa shape index (κ2) is 5.98. The average molecular weight is 201 g/mol. The van der Waals surface area contributed by atoms with E-state index in [1.165, 1.54) is 12.8 Å². The van der Waals surface area contributed by atoms with Crippen molar-refractivity contribution in [1.29, 1.82) is 0 Å². The van der Waals surface area contributed by atoms with E-state index in [1.807, 2.05) is 0 Å². The van der Waals surface area contributed by atoms with Gasteiger partial charge >= 0.3 is 5.97 Å². The molecule has 1 heterocycles. The Balaban J connectivity index is 1.99. The second-order valence-electron chi connectivity index (χ2n) is 3.97. The molecule has 1 rings (SSSR count). The van der Waals surface area contributed by atoms with Crippen LogP contribution in [0.3, 0.4) is 0 Å². The Kier molecular flexibility index (Phi) is 4.90. The maximum atomic E-state index is 10.2. The van der Waals surface area contributed by atoms with Crippen LogP contribution in [0.15, 0.2) is 0 Å². The molecule has 1 aliphatic heterocycles. The molecule has 82 valence electrons. The van der Waals surface area contributed by atoms with E-state index in [2.05, 4.69) is 11.9 Å². The predicted molar refractivity (Wildman–Crippen MR) is 53.3 cm³/mol. The molecule has 0 unspecified atom stereocenters. The van der Waals surface area contributed by atoms with Crippen molar-refractivity contribution in [1.82, 2.24) is 4.90 Å². The molecular weight excluding hydrogens is 182 g/mol. The van der Waals surface area contributed by atoms with Gasteiger partial charge in [0, 0.05) is 6.61 Å². The summed E-state index contributed by atoms with van der Waals surface area (Å²) >= 11 is 0. The van der Waals surface area contributed by atoms with Gasteiger partial charge in [0.15, 0.2) is 0 Å². The molecule has 0 aromatic carbocycles. The first kappa shape index (κ1) is 11.5. The van der Waals surface area contributed by atoms with Crippen LogP contribution in [0, 0.1) is 5.92 Å². The Morgan fingerprint density at radius 1 is 1.50 bits per heavy atom.